The quantitative estimate of drug-likeness (QED) is 0.373. The van der Waals surface area contributed by atoms with Crippen molar-refractivity contribution in [1.29, 1.82) is 0 Å². The summed E-state index contributed by atoms with van der Waals surface area (Å²) in [5, 5.41) is 0. The fraction of sp³-hybridized carbons (Fsp3) is 0. The number of hydrogen-bond acceptors (Lipinski definition) is 0. The molecule has 0 aliphatic heterocycles. The third kappa shape index (κ3) is 9.56. The van der Waals surface area contributed by atoms with Crippen molar-refractivity contribution < 1.29 is 51.5 Å². The van der Waals surface area contributed by atoms with Crippen molar-refractivity contribution in [3.63, 3.8) is 0 Å². The molecule has 0 amide bonds. The van der Waals surface area contributed by atoms with Crippen molar-refractivity contribution >= 4 is 0 Å². The summed E-state index contributed by atoms with van der Waals surface area (Å²) < 4.78 is 0. The Morgan fingerprint density at radius 2 is 0.750 bits per heavy atom. The second-order valence-corrected chi connectivity index (χ2v) is 0. The second-order valence-electron chi connectivity index (χ2n) is 0. The van der Waals surface area contributed by atoms with E-state index in [1.54, 1.807) is 0 Å². The fourth-order valence-corrected chi connectivity index (χ4v) is 0. The van der Waals surface area contributed by atoms with Crippen molar-refractivity contribution in [2.45, 2.75) is 0 Å². The molecule has 0 unspecified atom stereocenters. The minimum absolute atomic E-state index is 0. The van der Waals surface area contributed by atoms with E-state index in [2.05, 4.69) is 0 Å². The Balaban J connectivity index is 0. The van der Waals surface area contributed by atoms with Gasteiger partial charge in [0.25, 0.3) is 0 Å². The Labute approximate surface area is 58.8 Å². The van der Waals surface area contributed by atoms with Crippen LogP contribution in [0.25, 0.3) is 0 Å². The molecular weight excluding hydrogens is 176 g/mol. The summed E-state index contributed by atoms with van der Waals surface area (Å²) in [6.45, 7) is 0. The van der Waals surface area contributed by atoms with Crippen LogP contribution in [0.3, 0.4) is 0 Å². The largest absolute Gasteiger partial charge is 0.358 e. The SMILES string of the molecule is [CH3-].[Cr].[Fe].[Fe]. The number of rotatable bonds is 0. The molecule has 0 bridgehead atoms. The van der Waals surface area contributed by atoms with E-state index in [1.165, 1.54) is 0 Å². The van der Waals surface area contributed by atoms with E-state index in [0.717, 1.165) is 0 Å². The van der Waals surface area contributed by atoms with Crippen LogP contribution in [0.1, 0.15) is 0 Å². The summed E-state index contributed by atoms with van der Waals surface area (Å²) in [5.74, 6) is 0. The molecule has 0 aliphatic rings. The number of hydrogen-bond donors (Lipinski definition) is 0. The van der Waals surface area contributed by atoms with Gasteiger partial charge in [-0.25, -0.2) is 0 Å². The predicted molar refractivity (Wildman–Crippen MR) is 6.41 cm³/mol. The van der Waals surface area contributed by atoms with Gasteiger partial charge in [-0.15, -0.1) is 0 Å². The molecule has 30 valence electrons. The minimum Gasteiger partial charge on any atom is -0.358 e. The topological polar surface area (TPSA) is 0 Å². The first-order valence-electron chi connectivity index (χ1n) is 0. The van der Waals surface area contributed by atoms with Gasteiger partial charge in [0.1, 0.15) is 0 Å². The molecule has 4 heavy (non-hydrogen) atoms. The second kappa shape index (κ2) is 23.6. The maximum Gasteiger partial charge on any atom is 0 e. The first kappa shape index (κ1) is 47.1. The molecule has 0 saturated carbocycles. The van der Waals surface area contributed by atoms with Crippen LogP contribution < -0.4 is 0 Å². The van der Waals surface area contributed by atoms with Gasteiger partial charge >= 0.3 is 0 Å². The first-order valence-corrected chi connectivity index (χ1v) is 0. The molecule has 0 nitrogen and oxygen atoms in total. The molecule has 0 aromatic heterocycles. The van der Waals surface area contributed by atoms with Gasteiger partial charge in [0.15, 0.2) is 0 Å². The summed E-state index contributed by atoms with van der Waals surface area (Å²) >= 11 is 0. The van der Waals surface area contributed by atoms with E-state index in [4.69, 9.17) is 0 Å². The average Bonchev–Trinajstić information content (AvgIpc) is 0. The molecule has 0 aromatic rings. The molecule has 0 saturated heterocycles. The Bertz CT molecular complexity index is 6.00. The van der Waals surface area contributed by atoms with Crippen LogP contribution in [0.2, 0.25) is 0 Å². The standard InChI is InChI=1S/CH3.Cr.2Fe/h1H3;;;/q-1;;;. The predicted octanol–water partition coefficient (Wildman–Crippen LogP) is 0.443. The zero-order valence-electron chi connectivity index (χ0n) is 2.12. The zero-order chi connectivity index (χ0) is 0. The van der Waals surface area contributed by atoms with Gasteiger partial charge in [-0.2, -0.15) is 0 Å². The maximum absolute atomic E-state index is 0. The van der Waals surface area contributed by atoms with Gasteiger partial charge in [0, 0.05) is 51.5 Å². The van der Waals surface area contributed by atoms with E-state index >= 15 is 0 Å². The molecule has 3 heteroatoms. The van der Waals surface area contributed by atoms with E-state index in [0.29, 0.717) is 0 Å². The molecule has 0 radical (unpaired) electrons. The smallest absolute Gasteiger partial charge is 0 e. The summed E-state index contributed by atoms with van der Waals surface area (Å²) in [5.41, 5.74) is 0. The van der Waals surface area contributed by atoms with Crippen molar-refractivity contribution in [3.8, 4) is 0 Å². The molecule has 0 spiro atoms. The van der Waals surface area contributed by atoms with E-state index in [-0.39, 0.29) is 58.9 Å². The zero-order valence-corrected chi connectivity index (χ0v) is 5.60. The molecule has 0 atom stereocenters. The van der Waals surface area contributed by atoms with Crippen LogP contribution in [0.4, 0.5) is 0 Å². The van der Waals surface area contributed by atoms with Crippen LogP contribution in [0, 0.1) is 7.43 Å². The van der Waals surface area contributed by atoms with E-state index in [1.807, 2.05) is 0 Å². The monoisotopic (exact) mass is 179 g/mol. The Hall–Kier alpha value is 1.57. The Morgan fingerprint density at radius 1 is 0.750 bits per heavy atom. The van der Waals surface area contributed by atoms with Crippen LogP contribution in [-0.2, 0) is 51.5 Å². The van der Waals surface area contributed by atoms with Crippen molar-refractivity contribution in [2.24, 2.45) is 0 Å². The van der Waals surface area contributed by atoms with Crippen LogP contribution in [0.5, 0.6) is 0 Å². The summed E-state index contributed by atoms with van der Waals surface area (Å²) in [6, 6.07) is 0. The molecule has 0 heterocycles. The van der Waals surface area contributed by atoms with Crippen LogP contribution in [0.15, 0.2) is 0 Å². The van der Waals surface area contributed by atoms with Gasteiger partial charge < -0.3 is 7.43 Å². The van der Waals surface area contributed by atoms with Gasteiger partial charge in [-0.3, -0.25) is 0 Å². The van der Waals surface area contributed by atoms with Crippen molar-refractivity contribution in [1.82, 2.24) is 0 Å². The maximum atomic E-state index is 0. The van der Waals surface area contributed by atoms with E-state index < -0.39 is 0 Å². The first-order chi connectivity index (χ1) is 0. The molecule has 0 aromatic carbocycles. The third-order valence-corrected chi connectivity index (χ3v) is 0. The van der Waals surface area contributed by atoms with Crippen molar-refractivity contribution in [3.05, 3.63) is 7.43 Å². The normalized spacial score (nSPS) is 0. The summed E-state index contributed by atoms with van der Waals surface area (Å²) in [4.78, 5) is 0. The minimum atomic E-state index is 0. The molecule has 0 aliphatic carbocycles. The van der Waals surface area contributed by atoms with Gasteiger partial charge in [-0.05, 0) is 0 Å². The van der Waals surface area contributed by atoms with Crippen LogP contribution >= 0.6 is 0 Å². The van der Waals surface area contributed by atoms with Crippen molar-refractivity contribution in [2.75, 3.05) is 0 Å². The summed E-state index contributed by atoms with van der Waals surface area (Å²) in [7, 11) is 0. The molecular formula is CH3CrFe2-. The molecule has 0 rings (SSSR count). The van der Waals surface area contributed by atoms with Gasteiger partial charge in [0.05, 0.1) is 0 Å². The third-order valence-electron chi connectivity index (χ3n) is 0. The Morgan fingerprint density at radius 3 is 0.750 bits per heavy atom. The average molecular weight is 179 g/mol. The van der Waals surface area contributed by atoms with Gasteiger partial charge in [-0.1, -0.05) is 0 Å². The van der Waals surface area contributed by atoms with Gasteiger partial charge in [0.2, 0.25) is 0 Å². The summed E-state index contributed by atoms with van der Waals surface area (Å²) in [6.07, 6.45) is 0. The molecule has 0 fully saturated rings. The van der Waals surface area contributed by atoms with E-state index in [9.17, 15) is 0 Å². The van der Waals surface area contributed by atoms with Crippen LogP contribution in [-0.4, -0.2) is 0 Å². The fourth-order valence-electron chi connectivity index (χ4n) is 0. The molecule has 0 N–H and O–H groups in total. The Kier molecular flexibility index (Phi) is 278.